The molecule has 0 fully saturated rings. The number of ether oxygens (including phenoxy) is 2. The molecule has 1 N–H and O–H groups in total. The Balaban J connectivity index is 1.47. The van der Waals surface area contributed by atoms with Gasteiger partial charge in [-0.3, -0.25) is 4.79 Å². The molecule has 0 atom stereocenters. The predicted molar refractivity (Wildman–Crippen MR) is 117 cm³/mol. The summed E-state index contributed by atoms with van der Waals surface area (Å²) in [5, 5.41) is 9.64. The highest BCUT2D eigenvalue weighted by atomic mass is 32.1. The van der Waals surface area contributed by atoms with Crippen LogP contribution >= 0.6 is 11.3 Å². The molecule has 1 amide bonds. The van der Waals surface area contributed by atoms with Crippen LogP contribution in [0.3, 0.4) is 0 Å². The Morgan fingerprint density at radius 3 is 2.73 bits per heavy atom. The van der Waals surface area contributed by atoms with Crippen molar-refractivity contribution >= 4 is 22.2 Å². The molecule has 7 nitrogen and oxygen atoms in total. The van der Waals surface area contributed by atoms with Gasteiger partial charge in [0, 0.05) is 23.9 Å². The van der Waals surface area contributed by atoms with Gasteiger partial charge in [-0.2, -0.15) is 4.98 Å². The fraction of sp³-hybridized carbons (Fsp3) is 0.227. The van der Waals surface area contributed by atoms with E-state index in [1.807, 2.05) is 41.1 Å². The van der Waals surface area contributed by atoms with E-state index in [0.717, 1.165) is 21.8 Å². The van der Waals surface area contributed by atoms with Gasteiger partial charge in [0.25, 0.3) is 5.91 Å². The Kier molecular flexibility index (Phi) is 5.67. The van der Waals surface area contributed by atoms with Crippen LogP contribution in [-0.2, 0) is 6.42 Å². The van der Waals surface area contributed by atoms with Crippen LogP contribution in [0, 0.1) is 6.92 Å². The summed E-state index contributed by atoms with van der Waals surface area (Å²) in [5.41, 5.74) is 3.60. The molecule has 2 heterocycles. The number of hydrogen-bond acceptors (Lipinski definition) is 6. The van der Waals surface area contributed by atoms with Gasteiger partial charge in [-0.25, -0.2) is 4.52 Å². The fourth-order valence-electron chi connectivity index (χ4n) is 3.30. The van der Waals surface area contributed by atoms with E-state index in [2.05, 4.69) is 15.4 Å². The summed E-state index contributed by atoms with van der Waals surface area (Å²) in [4.78, 5) is 18.1. The highest BCUT2D eigenvalue weighted by molar-refractivity contribution is 7.15. The molecule has 4 aromatic rings. The minimum Gasteiger partial charge on any atom is -0.493 e. The van der Waals surface area contributed by atoms with Crippen molar-refractivity contribution in [2.45, 2.75) is 13.3 Å². The summed E-state index contributed by atoms with van der Waals surface area (Å²) < 4.78 is 12.5. The maximum Gasteiger partial charge on any atom is 0.255 e. The van der Waals surface area contributed by atoms with Crippen LogP contribution in [0.5, 0.6) is 11.5 Å². The van der Waals surface area contributed by atoms with E-state index in [1.54, 1.807) is 36.6 Å². The lowest BCUT2D eigenvalue weighted by Crippen LogP contribution is -2.26. The Morgan fingerprint density at radius 2 is 1.97 bits per heavy atom. The third-order valence-electron chi connectivity index (χ3n) is 4.85. The third kappa shape index (κ3) is 3.73. The Hall–Kier alpha value is -3.39. The number of amides is 1. The molecule has 0 aliphatic heterocycles. The second kappa shape index (κ2) is 8.54. The van der Waals surface area contributed by atoms with E-state index >= 15 is 0 Å². The van der Waals surface area contributed by atoms with Gasteiger partial charge in [0.2, 0.25) is 4.96 Å². The van der Waals surface area contributed by atoms with Crippen LogP contribution in [0.1, 0.15) is 21.6 Å². The summed E-state index contributed by atoms with van der Waals surface area (Å²) in [5.74, 6) is 1.45. The molecule has 0 unspecified atom stereocenters. The Bertz CT molecular complexity index is 1200. The molecule has 2 aromatic heterocycles. The third-order valence-corrected chi connectivity index (χ3v) is 5.72. The maximum atomic E-state index is 12.6. The average molecular weight is 423 g/mol. The highest BCUT2D eigenvalue weighted by Crippen LogP contribution is 2.30. The molecule has 30 heavy (non-hydrogen) atoms. The summed E-state index contributed by atoms with van der Waals surface area (Å²) in [7, 11) is 3.07. The fourth-order valence-corrected chi connectivity index (χ4v) is 4.16. The molecule has 0 aliphatic rings. The first-order valence-electron chi connectivity index (χ1n) is 9.50. The number of aromatic nitrogens is 3. The van der Waals surface area contributed by atoms with Crippen LogP contribution < -0.4 is 14.8 Å². The van der Waals surface area contributed by atoms with Crippen molar-refractivity contribution in [1.29, 1.82) is 0 Å². The lowest BCUT2D eigenvalue weighted by atomic mass is 10.1. The summed E-state index contributed by atoms with van der Waals surface area (Å²) >= 11 is 1.54. The second-order valence-electron chi connectivity index (χ2n) is 6.72. The zero-order valence-corrected chi connectivity index (χ0v) is 17.8. The van der Waals surface area contributed by atoms with Crippen molar-refractivity contribution in [1.82, 2.24) is 19.9 Å². The van der Waals surface area contributed by atoms with Gasteiger partial charge >= 0.3 is 0 Å². The first-order valence-corrected chi connectivity index (χ1v) is 10.4. The second-order valence-corrected chi connectivity index (χ2v) is 7.56. The van der Waals surface area contributed by atoms with Gasteiger partial charge in [0.1, 0.15) is 0 Å². The van der Waals surface area contributed by atoms with Crippen LogP contribution in [0.2, 0.25) is 0 Å². The minimum absolute atomic E-state index is 0.212. The number of carbonyl (C=O) groups is 1. The van der Waals surface area contributed by atoms with Crippen LogP contribution in [0.4, 0.5) is 0 Å². The molecule has 154 valence electrons. The Morgan fingerprint density at radius 1 is 1.13 bits per heavy atom. The first kappa shape index (κ1) is 19.9. The van der Waals surface area contributed by atoms with Crippen molar-refractivity contribution in [3.05, 3.63) is 64.7 Å². The van der Waals surface area contributed by atoms with Crippen molar-refractivity contribution in [3.8, 4) is 22.9 Å². The summed E-state index contributed by atoms with van der Waals surface area (Å²) in [6.45, 7) is 2.51. The van der Waals surface area contributed by atoms with Gasteiger partial charge in [-0.05, 0) is 24.6 Å². The van der Waals surface area contributed by atoms with Gasteiger partial charge in [-0.15, -0.1) is 16.4 Å². The number of para-hydroxylation sites is 1. The van der Waals surface area contributed by atoms with Gasteiger partial charge < -0.3 is 14.8 Å². The smallest absolute Gasteiger partial charge is 0.255 e. The molecule has 0 radical (unpaired) electrons. The normalized spacial score (nSPS) is 10.9. The number of nitrogens with zero attached hydrogens (tertiary/aromatic N) is 3. The van der Waals surface area contributed by atoms with Gasteiger partial charge in [0.15, 0.2) is 17.3 Å². The van der Waals surface area contributed by atoms with Crippen LogP contribution in [0.15, 0.2) is 47.8 Å². The molecular weight excluding hydrogens is 400 g/mol. The molecule has 0 saturated carbocycles. The monoisotopic (exact) mass is 422 g/mol. The van der Waals surface area contributed by atoms with Gasteiger partial charge in [0.05, 0.1) is 25.5 Å². The standard InChI is InChI=1S/C22H22N4O3S/c1-14-7-4-5-8-16(14)20-24-22-26(25-20)15(13-30-22)11-12-23-21(27)17-9-6-10-18(28-2)19(17)29-3/h4-10,13H,11-12H2,1-3H3,(H,23,27). The number of methoxy groups -OCH3 is 2. The first-order chi connectivity index (χ1) is 14.6. The van der Waals surface area contributed by atoms with Crippen molar-refractivity contribution in [3.63, 3.8) is 0 Å². The molecule has 0 spiro atoms. The number of hydrogen-bond donors (Lipinski definition) is 1. The number of fused-ring (bicyclic) bond motifs is 1. The van der Waals surface area contributed by atoms with Crippen molar-refractivity contribution in [2.75, 3.05) is 20.8 Å². The highest BCUT2D eigenvalue weighted by Gasteiger charge is 2.17. The largest absolute Gasteiger partial charge is 0.493 e. The number of aryl methyl sites for hydroxylation is 1. The van der Waals surface area contributed by atoms with Crippen molar-refractivity contribution in [2.24, 2.45) is 0 Å². The summed E-state index contributed by atoms with van der Waals surface area (Å²) in [6.07, 6.45) is 0.634. The number of carbonyl (C=O) groups excluding carboxylic acids is 1. The summed E-state index contributed by atoms with van der Waals surface area (Å²) in [6, 6.07) is 13.3. The van der Waals surface area contributed by atoms with E-state index in [4.69, 9.17) is 9.47 Å². The molecular formula is C22H22N4O3S. The minimum atomic E-state index is -0.212. The van der Waals surface area contributed by atoms with Crippen molar-refractivity contribution < 1.29 is 14.3 Å². The topological polar surface area (TPSA) is 77.8 Å². The molecule has 2 aromatic carbocycles. The van der Waals surface area contributed by atoms with Crippen LogP contribution in [0.25, 0.3) is 16.3 Å². The zero-order chi connectivity index (χ0) is 21.1. The predicted octanol–water partition coefficient (Wildman–Crippen LogP) is 3.76. The number of rotatable bonds is 7. The SMILES string of the molecule is COc1cccc(C(=O)NCCc2csc3nc(-c4ccccc4C)nn23)c1OC. The molecule has 4 rings (SSSR count). The number of nitrogens with one attached hydrogen (secondary N) is 1. The van der Waals surface area contributed by atoms with E-state index in [9.17, 15) is 4.79 Å². The van der Waals surface area contributed by atoms with E-state index in [1.165, 1.54) is 7.11 Å². The maximum absolute atomic E-state index is 12.6. The number of benzene rings is 2. The lowest BCUT2D eigenvalue weighted by Gasteiger charge is -2.12. The molecule has 8 heteroatoms. The van der Waals surface area contributed by atoms with E-state index in [-0.39, 0.29) is 5.91 Å². The average Bonchev–Trinajstić information content (AvgIpc) is 3.34. The zero-order valence-electron chi connectivity index (χ0n) is 17.0. The lowest BCUT2D eigenvalue weighted by molar-refractivity contribution is 0.0950. The quantitative estimate of drug-likeness (QED) is 0.491. The van der Waals surface area contributed by atoms with Gasteiger partial charge in [-0.1, -0.05) is 30.3 Å². The molecule has 0 bridgehead atoms. The van der Waals surface area contributed by atoms with Crippen LogP contribution in [-0.4, -0.2) is 41.3 Å². The Labute approximate surface area is 178 Å². The molecule has 0 saturated heterocycles. The van der Waals surface area contributed by atoms with E-state index < -0.39 is 0 Å². The number of thiazole rings is 1. The molecule has 0 aliphatic carbocycles. The van der Waals surface area contributed by atoms with E-state index in [0.29, 0.717) is 35.9 Å².